The zero-order chi connectivity index (χ0) is 28.5. The van der Waals surface area contributed by atoms with E-state index in [4.69, 9.17) is 4.74 Å². The molecule has 38 heavy (non-hydrogen) atoms. The second-order valence-corrected chi connectivity index (χ2v) is 17.1. The molecule has 0 amide bonds. The molecule has 0 aromatic heterocycles. The van der Waals surface area contributed by atoms with Crippen LogP contribution in [0.2, 0.25) is 0 Å². The third-order valence-electron chi connectivity index (χ3n) is 12.3. The molecule has 0 heterocycles. The lowest BCUT2D eigenvalue weighted by Gasteiger charge is -2.61. The average molecular weight is 533 g/mol. The second kappa shape index (κ2) is 12.4. The fourth-order valence-corrected chi connectivity index (χ4v) is 10.4. The summed E-state index contributed by atoms with van der Waals surface area (Å²) in [6.07, 6.45) is 17.9. The zero-order valence-electron chi connectivity index (χ0n) is 27.7. The fourth-order valence-electron chi connectivity index (χ4n) is 10.4. The van der Waals surface area contributed by atoms with Crippen LogP contribution in [0.1, 0.15) is 153 Å². The largest absolute Gasteiger partial charge is 0.396 e. The third-order valence-corrected chi connectivity index (χ3v) is 12.3. The number of fused-ring (bicyclic) bond motifs is 5. The van der Waals surface area contributed by atoms with Gasteiger partial charge in [-0.15, -0.1) is 0 Å². The lowest BCUT2D eigenvalue weighted by Crippen LogP contribution is -2.53. The van der Waals surface area contributed by atoms with Gasteiger partial charge in [-0.2, -0.15) is 0 Å². The minimum Gasteiger partial charge on any atom is -0.396 e. The minimum atomic E-state index is -0.0156. The van der Waals surface area contributed by atoms with Crippen LogP contribution in [0.5, 0.6) is 0 Å². The van der Waals surface area contributed by atoms with Gasteiger partial charge in [-0.3, -0.25) is 0 Å². The van der Waals surface area contributed by atoms with Crippen molar-refractivity contribution in [1.82, 2.24) is 0 Å². The molecule has 0 aromatic rings. The van der Waals surface area contributed by atoms with Crippen molar-refractivity contribution >= 4 is 0 Å². The number of hydrogen-bond donors (Lipinski definition) is 1. The van der Waals surface area contributed by atoms with Crippen LogP contribution in [0.15, 0.2) is 0 Å². The molecule has 0 aromatic carbocycles. The molecule has 4 aliphatic rings. The summed E-state index contributed by atoms with van der Waals surface area (Å²) in [7, 11) is 0. The van der Waals surface area contributed by atoms with E-state index >= 15 is 0 Å². The fraction of sp³-hybridized carbons (Fsp3) is 1.00. The van der Waals surface area contributed by atoms with E-state index < -0.39 is 0 Å². The van der Waals surface area contributed by atoms with Crippen LogP contribution in [0.4, 0.5) is 0 Å². The number of aliphatic hydroxyl groups excluding tert-OH is 1. The van der Waals surface area contributed by atoms with E-state index in [1.54, 1.807) is 12.8 Å². The Morgan fingerprint density at radius 1 is 0.711 bits per heavy atom. The lowest BCUT2D eigenvalue weighted by atomic mass is 9.44. The Labute approximate surface area is 238 Å². The van der Waals surface area contributed by atoms with E-state index in [-0.39, 0.29) is 11.2 Å². The van der Waals surface area contributed by atoms with Crippen LogP contribution in [0.25, 0.3) is 0 Å². The number of aliphatic hydroxyl groups is 1. The van der Waals surface area contributed by atoms with Gasteiger partial charge in [0.1, 0.15) is 0 Å². The highest BCUT2D eigenvalue weighted by atomic mass is 16.5. The average Bonchev–Trinajstić information content (AvgIpc) is 3.16. The van der Waals surface area contributed by atoms with E-state index in [0.29, 0.717) is 29.3 Å². The van der Waals surface area contributed by atoms with Gasteiger partial charge in [0.25, 0.3) is 0 Å². The van der Waals surface area contributed by atoms with Crippen LogP contribution in [0.3, 0.4) is 0 Å². The molecule has 0 spiro atoms. The van der Waals surface area contributed by atoms with Crippen LogP contribution in [-0.4, -0.2) is 22.9 Å². The van der Waals surface area contributed by atoms with E-state index in [9.17, 15) is 5.11 Å². The van der Waals surface area contributed by atoms with Crippen molar-refractivity contribution in [2.45, 2.75) is 164 Å². The summed E-state index contributed by atoms with van der Waals surface area (Å²) < 4.78 is 5.62. The molecule has 4 aliphatic carbocycles. The molecule has 4 saturated carbocycles. The Hall–Kier alpha value is -0.0800. The van der Waals surface area contributed by atoms with E-state index in [1.807, 2.05) is 0 Å². The predicted octanol–water partition coefficient (Wildman–Crippen LogP) is 10.3. The van der Waals surface area contributed by atoms with Gasteiger partial charge in [-0.25, -0.2) is 0 Å². The van der Waals surface area contributed by atoms with Gasteiger partial charge in [0.2, 0.25) is 0 Å². The first-order chi connectivity index (χ1) is 17.5. The summed E-state index contributed by atoms with van der Waals surface area (Å²) in [5.74, 6) is 7.06. The van der Waals surface area contributed by atoms with Gasteiger partial charge in [0, 0.05) is 6.61 Å². The van der Waals surface area contributed by atoms with E-state index in [0.717, 1.165) is 35.5 Å². The third kappa shape index (κ3) is 7.40. The Kier molecular flexibility index (Phi) is 10.6. The van der Waals surface area contributed by atoms with E-state index in [1.165, 1.54) is 64.2 Å². The smallest absolute Gasteiger partial charge is 0.0605 e. The maximum atomic E-state index is 9.49. The Morgan fingerprint density at radius 2 is 1.34 bits per heavy atom. The quantitative estimate of drug-likeness (QED) is 0.368. The van der Waals surface area contributed by atoms with Crippen molar-refractivity contribution in [3.05, 3.63) is 0 Å². The minimum absolute atomic E-state index is 0.0156. The molecule has 4 rings (SSSR count). The van der Waals surface area contributed by atoms with Crippen LogP contribution in [0, 0.1) is 58.2 Å². The van der Waals surface area contributed by atoms with Crippen LogP contribution in [-0.2, 0) is 4.74 Å². The Balaban J connectivity index is 0.000000383. The highest BCUT2D eigenvalue weighted by Crippen LogP contribution is 2.68. The monoisotopic (exact) mass is 533 g/mol. The number of hydrogen-bond acceptors (Lipinski definition) is 2. The van der Waals surface area contributed by atoms with Crippen molar-refractivity contribution in [2.24, 2.45) is 58.2 Å². The molecule has 10 atom stereocenters. The van der Waals surface area contributed by atoms with Crippen LogP contribution < -0.4 is 0 Å². The van der Waals surface area contributed by atoms with E-state index in [2.05, 4.69) is 76.2 Å². The second-order valence-electron chi connectivity index (χ2n) is 17.1. The molecule has 0 bridgehead atoms. The highest BCUT2D eigenvalue weighted by Gasteiger charge is 2.60. The van der Waals surface area contributed by atoms with Crippen LogP contribution >= 0.6 is 0 Å². The lowest BCUT2D eigenvalue weighted by molar-refractivity contribution is -0.114. The molecular formula is C36H68O2. The summed E-state index contributed by atoms with van der Waals surface area (Å²) >= 11 is 0. The standard InChI is InChI=1S/C28H50O.C8H18O/c1-19(21(3)18-29)9-10-20(2)24-13-14-25-23-12-11-22-8-6-7-16-27(22,4)26(23)15-17-28(24,25)5;1-7(2,3)9-8(4,5)6/h19-26,29H,6-18H2,1-5H3;1-6H3/t19-,20+,21?,22?,23-,24+,25-,26-,27-,28+;/m0./s1. The van der Waals surface area contributed by atoms with Crippen molar-refractivity contribution < 1.29 is 9.84 Å². The molecule has 2 unspecified atom stereocenters. The first-order valence-electron chi connectivity index (χ1n) is 16.8. The normalized spacial score (nSPS) is 39.6. The molecule has 0 aliphatic heterocycles. The predicted molar refractivity (Wildman–Crippen MR) is 164 cm³/mol. The Morgan fingerprint density at radius 3 is 1.92 bits per heavy atom. The molecule has 1 N–H and O–H groups in total. The van der Waals surface area contributed by atoms with Crippen molar-refractivity contribution in [1.29, 1.82) is 0 Å². The maximum Gasteiger partial charge on any atom is 0.0605 e. The SMILES string of the molecule is CC(C)(C)OC(C)(C)C.CC(CO)[C@@H](C)CC[C@@H](C)[C@H]1CC[C@H]2[C@@H]3CCC4CCCC[C@]4(C)[C@H]3CC[C@]12C. The molecular weight excluding hydrogens is 464 g/mol. The molecule has 2 nitrogen and oxygen atoms in total. The van der Waals surface area contributed by atoms with Crippen molar-refractivity contribution in [3.8, 4) is 0 Å². The summed E-state index contributed by atoms with van der Waals surface area (Å²) in [5, 5.41) is 9.49. The molecule has 4 fully saturated rings. The summed E-state index contributed by atoms with van der Waals surface area (Å²) in [5.41, 5.74) is 1.27. The van der Waals surface area contributed by atoms with Gasteiger partial charge in [-0.1, -0.05) is 60.3 Å². The van der Waals surface area contributed by atoms with Gasteiger partial charge < -0.3 is 9.84 Å². The highest BCUT2D eigenvalue weighted by molar-refractivity contribution is 5.09. The summed E-state index contributed by atoms with van der Waals surface area (Å²) in [6, 6.07) is 0. The first-order valence-corrected chi connectivity index (χ1v) is 16.8. The molecule has 224 valence electrons. The van der Waals surface area contributed by atoms with Gasteiger partial charge in [0.15, 0.2) is 0 Å². The van der Waals surface area contributed by atoms with Gasteiger partial charge in [-0.05, 0) is 151 Å². The first kappa shape index (κ1) is 32.4. The number of ether oxygens (including phenoxy) is 1. The zero-order valence-corrected chi connectivity index (χ0v) is 27.7. The molecule has 2 heteroatoms. The molecule has 0 radical (unpaired) electrons. The van der Waals surface area contributed by atoms with Gasteiger partial charge >= 0.3 is 0 Å². The Bertz CT molecular complexity index is 719. The summed E-state index contributed by atoms with van der Waals surface area (Å²) in [6.45, 7) is 25.3. The van der Waals surface area contributed by atoms with Crippen molar-refractivity contribution in [3.63, 3.8) is 0 Å². The topological polar surface area (TPSA) is 29.5 Å². The molecule has 0 saturated heterocycles. The number of rotatable bonds is 6. The van der Waals surface area contributed by atoms with Gasteiger partial charge in [0.05, 0.1) is 11.2 Å². The van der Waals surface area contributed by atoms with Crippen molar-refractivity contribution in [2.75, 3.05) is 6.61 Å². The maximum absolute atomic E-state index is 9.49. The summed E-state index contributed by atoms with van der Waals surface area (Å²) in [4.78, 5) is 0.